The molecule has 2 rings (SSSR count). The molecule has 14 heavy (non-hydrogen) atoms. The molecule has 0 amide bonds. The highest BCUT2D eigenvalue weighted by Crippen LogP contribution is 2.27. The van der Waals surface area contributed by atoms with Gasteiger partial charge in [0.05, 0.1) is 16.4 Å². The Morgan fingerprint density at radius 2 is 1.93 bits per heavy atom. The SMILES string of the molecule is Cn1ncc(Br)c1-c1ccc(N)cc1. The maximum Gasteiger partial charge on any atom is 0.0821 e. The van der Waals surface area contributed by atoms with Crippen LogP contribution in [0.3, 0.4) is 0 Å². The third-order valence-corrected chi connectivity index (χ3v) is 2.66. The van der Waals surface area contributed by atoms with E-state index in [1.54, 1.807) is 6.20 Å². The number of halogens is 1. The maximum absolute atomic E-state index is 5.62. The molecule has 4 heteroatoms. The van der Waals surface area contributed by atoms with Crippen LogP contribution in [0.25, 0.3) is 11.3 Å². The summed E-state index contributed by atoms with van der Waals surface area (Å²) in [6, 6.07) is 7.73. The van der Waals surface area contributed by atoms with Crippen LogP contribution >= 0.6 is 15.9 Å². The summed E-state index contributed by atoms with van der Waals surface area (Å²) in [4.78, 5) is 0. The van der Waals surface area contributed by atoms with Crippen LogP contribution < -0.4 is 5.73 Å². The van der Waals surface area contributed by atoms with E-state index in [1.807, 2.05) is 36.0 Å². The second-order valence-corrected chi connectivity index (χ2v) is 3.94. The van der Waals surface area contributed by atoms with Gasteiger partial charge in [0.1, 0.15) is 0 Å². The number of aryl methyl sites for hydroxylation is 1. The van der Waals surface area contributed by atoms with Gasteiger partial charge in [-0.2, -0.15) is 5.10 Å². The highest BCUT2D eigenvalue weighted by atomic mass is 79.9. The molecule has 0 fully saturated rings. The molecule has 0 spiro atoms. The van der Waals surface area contributed by atoms with Crippen LogP contribution in [0, 0.1) is 0 Å². The third-order valence-electron chi connectivity index (χ3n) is 2.08. The number of aromatic nitrogens is 2. The molecule has 72 valence electrons. The molecule has 2 N–H and O–H groups in total. The van der Waals surface area contributed by atoms with Crippen molar-refractivity contribution in [3.05, 3.63) is 34.9 Å². The Labute approximate surface area is 90.7 Å². The fourth-order valence-electron chi connectivity index (χ4n) is 1.38. The van der Waals surface area contributed by atoms with Gasteiger partial charge in [-0.3, -0.25) is 4.68 Å². The van der Waals surface area contributed by atoms with E-state index in [0.717, 1.165) is 21.4 Å². The van der Waals surface area contributed by atoms with Crippen molar-refractivity contribution >= 4 is 21.6 Å². The molecule has 3 nitrogen and oxygen atoms in total. The fourth-order valence-corrected chi connectivity index (χ4v) is 1.95. The summed E-state index contributed by atoms with van der Waals surface area (Å²) in [5.41, 5.74) is 8.56. The zero-order valence-corrected chi connectivity index (χ0v) is 9.32. The molecule has 0 bridgehead atoms. The van der Waals surface area contributed by atoms with Gasteiger partial charge in [0.2, 0.25) is 0 Å². The quantitative estimate of drug-likeness (QED) is 0.792. The first-order chi connectivity index (χ1) is 6.68. The number of nitrogens with zero attached hydrogens (tertiary/aromatic N) is 2. The molecule has 0 aliphatic carbocycles. The van der Waals surface area contributed by atoms with E-state index in [1.165, 1.54) is 0 Å². The molecule has 1 aromatic heterocycles. The van der Waals surface area contributed by atoms with E-state index >= 15 is 0 Å². The Hall–Kier alpha value is -1.29. The number of benzene rings is 1. The molecule has 0 atom stereocenters. The molecule has 2 aromatic rings. The van der Waals surface area contributed by atoms with Gasteiger partial charge in [0.15, 0.2) is 0 Å². The fraction of sp³-hybridized carbons (Fsp3) is 0.100. The zero-order chi connectivity index (χ0) is 10.1. The van der Waals surface area contributed by atoms with Crippen LogP contribution in [0.5, 0.6) is 0 Å². The van der Waals surface area contributed by atoms with E-state index in [4.69, 9.17) is 5.73 Å². The number of hydrogen-bond acceptors (Lipinski definition) is 2. The first-order valence-corrected chi connectivity index (χ1v) is 5.01. The Morgan fingerprint density at radius 3 is 2.43 bits per heavy atom. The normalized spacial score (nSPS) is 10.4. The minimum atomic E-state index is 0.770. The van der Waals surface area contributed by atoms with E-state index in [9.17, 15) is 0 Å². The summed E-state index contributed by atoms with van der Waals surface area (Å²) < 4.78 is 2.82. The summed E-state index contributed by atoms with van der Waals surface area (Å²) >= 11 is 3.46. The molecule has 0 unspecified atom stereocenters. The van der Waals surface area contributed by atoms with Crippen molar-refractivity contribution in [1.29, 1.82) is 0 Å². The molecule has 0 aliphatic rings. The van der Waals surface area contributed by atoms with Crippen molar-refractivity contribution < 1.29 is 0 Å². The molecule has 0 radical (unpaired) electrons. The average molecular weight is 252 g/mol. The van der Waals surface area contributed by atoms with E-state index < -0.39 is 0 Å². The second kappa shape index (κ2) is 3.46. The molecule has 1 aromatic carbocycles. The van der Waals surface area contributed by atoms with Crippen LogP contribution in [-0.4, -0.2) is 9.78 Å². The van der Waals surface area contributed by atoms with Crippen molar-refractivity contribution in [1.82, 2.24) is 9.78 Å². The highest BCUT2D eigenvalue weighted by Gasteiger charge is 2.07. The summed E-state index contributed by atoms with van der Waals surface area (Å²) in [7, 11) is 1.91. The van der Waals surface area contributed by atoms with Crippen LogP contribution in [0.4, 0.5) is 5.69 Å². The van der Waals surface area contributed by atoms with Gasteiger partial charge < -0.3 is 5.73 Å². The van der Waals surface area contributed by atoms with Gasteiger partial charge in [-0.1, -0.05) is 12.1 Å². The topological polar surface area (TPSA) is 43.8 Å². The number of anilines is 1. The molecule has 0 saturated carbocycles. The summed E-state index contributed by atoms with van der Waals surface area (Å²) in [5, 5.41) is 4.15. The summed E-state index contributed by atoms with van der Waals surface area (Å²) in [5.74, 6) is 0. The zero-order valence-electron chi connectivity index (χ0n) is 7.74. The van der Waals surface area contributed by atoms with Gasteiger partial charge in [-0.25, -0.2) is 0 Å². The lowest BCUT2D eigenvalue weighted by atomic mass is 10.1. The van der Waals surface area contributed by atoms with Gasteiger partial charge in [-0.05, 0) is 28.1 Å². The Balaban J connectivity index is 2.54. The lowest BCUT2D eigenvalue weighted by Crippen LogP contribution is -1.94. The number of nitrogen functional groups attached to an aromatic ring is 1. The first-order valence-electron chi connectivity index (χ1n) is 4.22. The van der Waals surface area contributed by atoms with Gasteiger partial charge in [0, 0.05) is 18.3 Å². The lowest BCUT2D eigenvalue weighted by molar-refractivity contribution is 0.776. The van der Waals surface area contributed by atoms with Crippen LogP contribution in [-0.2, 0) is 7.05 Å². The monoisotopic (exact) mass is 251 g/mol. The van der Waals surface area contributed by atoms with E-state index in [2.05, 4.69) is 21.0 Å². The smallest absolute Gasteiger partial charge is 0.0821 e. The molecular formula is C10H10BrN3. The average Bonchev–Trinajstić information content (AvgIpc) is 2.49. The maximum atomic E-state index is 5.62. The van der Waals surface area contributed by atoms with Gasteiger partial charge in [-0.15, -0.1) is 0 Å². The Kier molecular flexibility index (Phi) is 2.29. The van der Waals surface area contributed by atoms with Crippen LogP contribution in [0.1, 0.15) is 0 Å². The summed E-state index contributed by atoms with van der Waals surface area (Å²) in [6.45, 7) is 0. The van der Waals surface area contributed by atoms with Gasteiger partial charge >= 0.3 is 0 Å². The Bertz CT molecular complexity index is 425. The standard InChI is InChI=1S/C10H10BrN3/c1-14-10(9(11)6-13-14)7-2-4-8(12)5-3-7/h2-6H,12H2,1H3. The van der Waals surface area contributed by atoms with Crippen LogP contribution in [0.2, 0.25) is 0 Å². The van der Waals surface area contributed by atoms with Crippen molar-refractivity contribution in [2.75, 3.05) is 5.73 Å². The predicted octanol–water partition coefficient (Wildman–Crippen LogP) is 2.43. The largest absolute Gasteiger partial charge is 0.399 e. The third kappa shape index (κ3) is 1.53. The van der Waals surface area contributed by atoms with E-state index in [0.29, 0.717) is 0 Å². The molecular weight excluding hydrogens is 242 g/mol. The number of nitrogens with two attached hydrogens (primary N) is 1. The molecule has 0 aliphatic heterocycles. The van der Waals surface area contributed by atoms with Crippen LogP contribution in [0.15, 0.2) is 34.9 Å². The molecule has 1 heterocycles. The minimum absolute atomic E-state index is 0.770. The van der Waals surface area contributed by atoms with Crippen molar-refractivity contribution in [2.45, 2.75) is 0 Å². The number of rotatable bonds is 1. The summed E-state index contributed by atoms with van der Waals surface area (Å²) in [6.07, 6.45) is 1.78. The first kappa shape index (κ1) is 9.27. The lowest BCUT2D eigenvalue weighted by Gasteiger charge is -2.03. The number of hydrogen-bond donors (Lipinski definition) is 1. The van der Waals surface area contributed by atoms with Crippen molar-refractivity contribution in [2.24, 2.45) is 7.05 Å². The Morgan fingerprint density at radius 1 is 1.29 bits per heavy atom. The van der Waals surface area contributed by atoms with Crippen molar-refractivity contribution in [3.63, 3.8) is 0 Å². The van der Waals surface area contributed by atoms with E-state index in [-0.39, 0.29) is 0 Å². The molecule has 0 saturated heterocycles. The predicted molar refractivity (Wildman–Crippen MR) is 60.8 cm³/mol. The second-order valence-electron chi connectivity index (χ2n) is 3.09. The minimum Gasteiger partial charge on any atom is -0.399 e. The highest BCUT2D eigenvalue weighted by molar-refractivity contribution is 9.10. The van der Waals surface area contributed by atoms with Gasteiger partial charge in [0.25, 0.3) is 0 Å². The van der Waals surface area contributed by atoms with Crippen molar-refractivity contribution in [3.8, 4) is 11.3 Å².